The maximum Gasteiger partial charge on any atom is 0.326 e. The molecule has 3 aromatic rings. The third-order valence-corrected chi connectivity index (χ3v) is 6.45. The van der Waals surface area contributed by atoms with Gasteiger partial charge < -0.3 is 19.5 Å². The summed E-state index contributed by atoms with van der Waals surface area (Å²) in [5.41, 5.74) is 1.91. The summed E-state index contributed by atoms with van der Waals surface area (Å²) in [5.74, 6) is -0.620. The number of hydrogen-bond acceptors (Lipinski definition) is 4. The second-order valence-corrected chi connectivity index (χ2v) is 8.84. The highest BCUT2D eigenvalue weighted by Crippen LogP contribution is 2.40. The van der Waals surface area contributed by atoms with Crippen molar-refractivity contribution in [3.8, 4) is 11.5 Å². The van der Waals surface area contributed by atoms with Crippen molar-refractivity contribution >= 4 is 35.1 Å². The van der Waals surface area contributed by atoms with Crippen LogP contribution in [0.25, 0.3) is 0 Å². The van der Waals surface area contributed by atoms with E-state index in [2.05, 4.69) is 0 Å². The first-order chi connectivity index (χ1) is 16.4. The standard InChI is InChI=1S/C26H23Cl2NO5/c1-33-19-12-17(13-20(14-19)34-15-16-6-8-18(27)9-7-16)25(30)29-23(10-11-24(29)26(31)32)21-4-2-3-5-22(21)28/h2-9,12-14,23-24H,10-11,15H2,1H3,(H,31,32)/t23?,24-/m0/s1. The van der Waals surface area contributed by atoms with E-state index < -0.39 is 24.0 Å². The van der Waals surface area contributed by atoms with Crippen LogP contribution in [0.4, 0.5) is 0 Å². The fraction of sp³-hybridized carbons (Fsp3) is 0.231. The zero-order valence-electron chi connectivity index (χ0n) is 18.4. The summed E-state index contributed by atoms with van der Waals surface area (Å²) in [6.45, 7) is 0.266. The summed E-state index contributed by atoms with van der Waals surface area (Å²) >= 11 is 12.3. The minimum absolute atomic E-state index is 0.266. The molecule has 1 saturated heterocycles. The number of carboxylic acid groups (broad SMARTS) is 1. The van der Waals surface area contributed by atoms with Gasteiger partial charge in [0.2, 0.25) is 0 Å². The number of amides is 1. The monoisotopic (exact) mass is 499 g/mol. The van der Waals surface area contributed by atoms with Crippen LogP contribution >= 0.6 is 23.2 Å². The van der Waals surface area contributed by atoms with Gasteiger partial charge in [0.25, 0.3) is 5.91 Å². The number of ether oxygens (including phenoxy) is 2. The van der Waals surface area contributed by atoms with Crippen LogP contribution in [0.15, 0.2) is 66.7 Å². The lowest BCUT2D eigenvalue weighted by Gasteiger charge is -2.29. The van der Waals surface area contributed by atoms with Crippen molar-refractivity contribution in [2.75, 3.05) is 7.11 Å². The van der Waals surface area contributed by atoms with E-state index in [4.69, 9.17) is 32.7 Å². The van der Waals surface area contributed by atoms with E-state index in [1.807, 2.05) is 24.3 Å². The molecule has 1 heterocycles. The normalized spacial score (nSPS) is 17.4. The Morgan fingerprint density at radius 1 is 1.00 bits per heavy atom. The van der Waals surface area contributed by atoms with Crippen LogP contribution in [-0.2, 0) is 11.4 Å². The molecule has 2 atom stereocenters. The van der Waals surface area contributed by atoms with E-state index in [-0.39, 0.29) is 12.2 Å². The predicted octanol–water partition coefficient (Wildman–Crippen LogP) is 6.01. The van der Waals surface area contributed by atoms with E-state index in [1.165, 1.54) is 12.0 Å². The van der Waals surface area contributed by atoms with Gasteiger partial charge in [0.05, 0.1) is 13.2 Å². The smallest absolute Gasteiger partial charge is 0.326 e. The number of carbonyl (C=O) groups excluding carboxylic acids is 1. The number of methoxy groups -OCH3 is 1. The predicted molar refractivity (Wildman–Crippen MR) is 130 cm³/mol. The van der Waals surface area contributed by atoms with Gasteiger partial charge in [-0.2, -0.15) is 0 Å². The van der Waals surface area contributed by atoms with Gasteiger partial charge in [-0.25, -0.2) is 4.79 Å². The van der Waals surface area contributed by atoms with Crippen LogP contribution in [0.5, 0.6) is 11.5 Å². The van der Waals surface area contributed by atoms with Gasteiger partial charge in [-0.1, -0.05) is 53.5 Å². The summed E-state index contributed by atoms with van der Waals surface area (Å²) in [7, 11) is 1.50. The summed E-state index contributed by atoms with van der Waals surface area (Å²) in [6, 6.07) is 17.9. The molecule has 1 unspecified atom stereocenters. The van der Waals surface area contributed by atoms with Crippen LogP contribution in [-0.4, -0.2) is 35.0 Å². The first-order valence-corrected chi connectivity index (χ1v) is 11.5. The highest BCUT2D eigenvalue weighted by Gasteiger charge is 2.42. The molecular formula is C26H23Cl2NO5. The largest absolute Gasteiger partial charge is 0.497 e. The van der Waals surface area contributed by atoms with Gasteiger partial charge in [0, 0.05) is 21.7 Å². The average molecular weight is 500 g/mol. The molecule has 176 valence electrons. The van der Waals surface area contributed by atoms with Gasteiger partial charge in [0.1, 0.15) is 24.1 Å². The first kappa shape index (κ1) is 23.9. The molecule has 1 N–H and O–H groups in total. The minimum Gasteiger partial charge on any atom is -0.497 e. The van der Waals surface area contributed by atoms with E-state index in [0.717, 1.165) is 11.1 Å². The van der Waals surface area contributed by atoms with E-state index in [1.54, 1.807) is 42.5 Å². The Labute approximate surface area is 207 Å². The maximum absolute atomic E-state index is 13.7. The molecule has 0 bridgehead atoms. The summed E-state index contributed by atoms with van der Waals surface area (Å²) < 4.78 is 11.3. The Hall–Kier alpha value is -3.22. The lowest BCUT2D eigenvalue weighted by molar-refractivity contribution is -0.141. The molecule has 1 aliphatic rings. The Kier molecular flexibility index (Phi) is 7.29. The number of carboxylic acids is 1. The van der Waals surface area contributed by atoms with E-state index >= 15 is 0 Å². The van der Waals surface area contributed by atoms with Crippen LogP contribution in [0.1, 0.15) is 40.4 Å². The van der Waals surface area contributed by atoms with Crippen LogP contribution in [0, 0.1) is 0 Å². The topological polar surface area (TPSA) is 76.1 Å². The summed E-state index contributed by atoms with van der Waals surface area (Å²) in [6.07, 6.45) is 0.831. The highest BCUT2D eigenvalue weighted by atomic mass is 35.5. The van der Waals surface area contributed by atoms with Crippen LogP contribution < -0.4 is 9.47 Å². The molecule has 0 spiro atoms. The van der Waals surface area contributed by atoms with Gasteiger partial charge in [-0.15, -0.1) is 0 Å². The lowest BCUT2D eigenvalue weighted by atomic mass is 10.0. The number of aliphatic carboxylic acids is 1. The number of carbonyl (C=O) groups is 2. The van der Waals surface area contributed by atoms with Crippen molar-refractivity contribution in [1.82, 2.24) is 4.90 Å². The zero-order chi connectivity index (χ0) is 24.2. The Bertz CT molecular complexity index is 1200. The van der Waals surface area contributed by atoms with Gasteiger partial charge in [0.15, 0.2) is 0 Å². The first-order valence-electron chi connectivity index (χ1n) is 10.7. The summed E-state index contributed by atoms with van der Waals surface area (Å²) in [4.78, 5) is 27.1. The van der Waals surface area contributed by atoms with Crippen LogP contribution in [0.2, 0.25) is 10.0 Å². The molecule has 0 radical (unpaired) electrons. The lowest BCUT2D eigenvalue weighted by Crippen LogP contribution is -2.41. The molecule has 0 saturated carbocycles. The molecule has 6 nitrogen and oxygen atoms in total. The third-order valence-electron chi connectivity index (χ3n) is 5.85. The van der Waals surface area contributed by atoms with Crippen LogP contribution in [0.3, 0.4) is 0 Å². The summed E-state index contributed by atoms with van der Waals surface area (Å²) in [5, 5.41) is 10.9. The SMILES string of the molecule is COc1cc(OCc2ccc(Cl)cc2)cc(C(=O)N2C(c3ccccc3Cl)CC[C@H]2C(=O)O)c1. The van der Waals surface area contributed by atoms with Gasteiger partial charge >= 0.3 is 5.97 Å². The van der Waals surface area contributed by atoms with Gasteiger partial charge in [-0.05, 0) is 54.3 Å². The number of hydrogen-bond donors (Lipinski definition) is 1. The number of nitrogens with zero attached hydrogens (tertiary/aromatic N) is 1. The fourth-order valence-electron chi connectivity index (χ4n) is 4.18. The molecule has 8 heteroatoms. The second kappa shape index (κ2) is 10.4. The Morgan fingerprint density at radius 3 is 2.38 bits per heavy atom. The fourth-order valence-corrected chi connectivity index (χ4v) is 4.57. The number of likely N-dealkylation sites (tertiary alicyclic amines) is 1. The Balaban J connectivity index is 1.65. The maximum atomic E-state index is 13.7. The second-order valence-electron chi connectivity index (χ2n) is 7.99. The van der Waals surface area contributed by atoms with Crippen molar-refractivity contribution in [2.24, 2.45) is 0 Å². The molecule has 34 heavy (non-hydrogen) atoms. The van der Waals surface area contributed by atoms with E-state index in [9.17, 15) is 14.7 Å². The molecule has 0 aromatic heterocycles. The molecular weight excluding hydrogens is 477 g/mol. The number of halogens is 2. The number of benzene rings is 3. The van der Waals surface area contributed by atoms with Crippen molar-refractivity contribution < 1.29 is 24.2 Å². The van der Waals surface area contributed by atoms with Crippen molar-refractivity contribution in [2.45, 2.75) is 31.5 Å². The molecule has 4 rings (SSSR count). The quantitative estimate of drug-likeness (QED) is 0.430. The zero-order valence-corrected chi connectivity index (χ0v) is 19.9. The van der Waals surface area contributed by atoms with Gasteiger partial charge in [-0.3, -0.25) is 4.79 Å². The minimum atomic E-state index is -1.05. The van der Waals surface area contributed by atoms with Crippen molar-refractivity contribution in [1.29, 1.82) is 0 Å². The van der Waals surface area contributed by atoms with E-state index in [0.29, 0.717) is 34.4 Å². The molecule has 1 aliphatic heterocycles. The molecule has 1 fully saturated rings. The van der Waals surface area contributed by atoms with Crippen molar-refractivity contribution in [3.05, 3.63) is 93.5 Å². The highest BCUT2D eigenvalue weighted by molar-refractivity contribution is 6.31. The number of rotatable bonds is 7. The molecule has 3 aromatic carbocycles. The van der Waals surface area contributed by atoms with Crippen molar-refractivity contribution in [3.63, 3.8) is 0 Å². The third kappa shape index (κ3) is 5.13. The molecule has 1 amide bonds. The average Bonchev–Trinajstić information content (AvgIpc) is 3.28. The molecule has 0 aliphatic carbocycles. The Morgan fingerprint density at radius 2 is 1.71 bits per heavy atom.